The largest absolute Gasteiger partial charge is 0.508 e. The number of methoxy groups -OCH3 is 2. The zero-order chi connectivity index (χ0) is 35.7. The number of nitrogens with two attached hydrogens (primary N) is 1. The number of primary amides is 1. The Morgan fingerprint density at radius 3 is 2.42 bits per heavy atom. The van der Waals surface area contributed by atoms with Gasteiger partial charge in [0, 0.05) is 42.9 Å². The minimum absolute atomic E-state index is 0.0229. The van der Waals surface area contributed by atoms with Gasteiger partial charge >= 0.3 is 6.09 Å². The third kappa shape index (κ3) is 9.59. The molecule has 13 heteroatoms. The summed E-state index contributed by atoms with van der Waals surface area (Å²) in [5, 5.41) is 26.2. The summed E-state index contributed by atoms with van der Waals surface area (Å²) in [7, 11) is 2.84. The van der Waals surface area contributed by atoms with Gasteiger partial charge in [-0.3, -0.25) is 19.2 Å². The first-order chi connectivity index (χ1) is 22.7. The summed E-state index contributed by atoms with van der Waals surface area (Å²) in [5.74, 6) is -3.84. The van der Waals surface area contributed by atoms with Gasteiger partial charge in [-0.25, -0.2) is 4.79 Å². The Balaban J connectivity index is 2.10. The van der Waals surface area contributed by atoms with Gasteiger partial charge in [0.15, 0.2) is 6.10 Å². The lowest BCUT2D eigenvalue weighted by atomic mass is 9.85. The molecule has 1 aromatic carbocycles. The third-order valence-corrected chi connectivity index (χ3v) is 8.14. The molecule has 6 N–H and O–H groups in total. The molecular weight excluding hydrogens is 622 g/mol. The molecule has 1 heterocycles. The van der Waals surface area contributed by atoms with Gasteiger partial charge in [-0.2, -0.15) is 0 Å². The van der Waals surface area contributed by atoms with Gasteiger partial charge in [-0.1, -0.05) is 44.2 Å². The molecule has 3 rings (SSSR count). The summed E-state index contributed by atoms with van der Waals surface area (Å²) in [6.45, 7) is 6.75. The molecule has 2 aliphatic rings. The van der Waals surface area contributed by atoms with Crippen molar-refractivity contribution in [2.75, 3.05) is 14.2 Å². The zero-order valence-corrected chi connectivity index (χ0v) is 27.8. The van der Waals surface area contributed by atoms with E-state index in [-0.39, 0.29) is 52.6 Å². The van der Waals surface area contributed by atoms with Crippen molar-refractivity contribution in [2.24, 2.45) is 17.6 Å². The first-order valence-corrected chi connectivity index (χ1v) is 15.3. The summed E-state index contributed by atoms with van der Waals surface area (Å²) >= 11 is 0. The normalized spacial score (nSPS) is 29.1. The van der Waals surface area contributed by atoms with Crippen LogP contribution in [-0.2, 0) is 28.6 Å². The number of aliphatic hydroxyl groups is 1. The SMILES string of the molecule is CO[C@H]1/C=C\C=C(/C)C(=O)NC2=CC(=O)C(NC(=O)c3cccc(O)c3)=C(C[C@@H](C)C[C@H](OC)[C@H](O)[C@@H](C)/C=C(\C)[C@@H]1OC(N)=O)C2=O. The van der Waals surface area contributed by atoms with Gasteiger partial charge in [0.05, 0.1) is 23.6 Å². The summed E-state index contributed by atoms with van der Waals surface area (Å²) in [4.78, 5) is 65.2. The van der Waals surface area contributed by atoms with Crippen molar-refractivity contribution < 1.29 is 48.4 Å². The molecule has 0 radical (unpaired) electrons. The Labute approximate surface area is 279 Å². The van der Waals surface area contributed by atoms with E-state index in [4.69, 9.17) is 19.9 Å². The number of aromatic hydroxyl groups is 1. The zero-order valence-electron chi connectivity index (χ0n) is 27.8. The number of allylic oxidation sites excluding steroid dienone is 4. The fourth-order valence-electron chi connectivity index (χ4n) is 5.55. The van der Waals surface area contributed by atoms with Crippen LogP contribution in [0.1, 0.15) is 50.9 Å². The number of carbonyl (C=O) groups excluding carboxylic acids is 5. The number of aliphatic hydroxyl groups excluding tert-OH is 1. The second-order valence-corrected chi connectivity index (χ2v) is 11.9. The molecule has 0 fully saturated rings. The van der Waals surface area contributed by atoms with E-state index in [0.29, 0.717) is 5.57 Å². The van der Waals surface area contributed by atoms with E-state index in [0.717, 1.165) is 6.08 Å². The smallest absolute Gasteiger partial charge is 0.405 e. The summed E-state index contributed by atoms with van der Waals surface area (Å²) in [5.41, 5.74) is 5.54. The highest BCUT2D eigenvalue weighted by Gasteiger charge is 2.34. The molecule has 1 aliphatic carbocycles. The lowest BCUT2D eigenvalue weighted by Gasteiger charge is -2.30. The van der Waals surface area contributed by atoms with Crippen LogP contribution in [0, 0.1) is 11.8 Å². The number of phenolic OH excluding ortho intramolecular Hbond substituents is 1. The molecule has 1 aliphatic heterocycles. The summed E-state index contributed by atoms with van der Waals surface area (Å²) < 4.78 is 16.6. The van der Waals surface area contributed by atoms with Gasteiger partial charge in [-0.15, -0.1) is 0 Å². The van der Waals surface area contributed by atoms with E-state index in [9.17, 15) is 34.2 Å². The van der Waals surface area contributed by atoms with E-state index in [1.54, 1.807) is 32.9 Å². The van der Waals surface area contributed by atoms with Crippen LogP contribution in [0.15, 0.2) is 82.8 Å². The van der Waals surface area contributed by atoms with Gasteiger partial charge < -0.3 is 40.8 Å². The van der Waals surface area contributed by atoms with Crippen LogP contribution in [0.2, 0.25) is 0 Å². The van der Waals surface area contributed by atoms with Crippen molar-refractivity contribution in [2.45, 2.75) is 65.0 Å². The van der Waals surface area contributed by atoms with Crippen molar-refractivity contribution >= 4 is 29.5 Å². The maximum Gasteiger partial charge on any atom is 0.405 e. The molecule has 0 saturated carbocycles. The number of nitrogens with one attached hydrogen (secondary N) is 2. The maximum absolute atomic E-state index is 13.8. The molecule has 6 atom stereocenters. The molecular formula is C35H43N3O10. The van der Waals surface area contributed by atoms with E-state index < -0.39 is 59.8 Å². The fraction of sp³-hybridized carbons (Fsp3) is 0.400. The lowest BCUT2D eigenvalue weighted by molar-refractivity contribution is -0.120. The number of ketones is 2. The van der Waals surface area contributed by atoms with Crippen LogP contribution in [0.4, 0.5) is 4.79 Å². The molecule has 0 spiro atoms. The van der Waals surface area contributed by atoms with Crippen LogP contribution in [0.3, 0.4) is 0 Å². The number of hydrogen-bond donors (Lipinski definition) is 5. The molecule has 13 nitrogen and oxygen atoms in total. The molecule has 0 unspecified atom stereocenters. The second kappa shape index (κ2) is 16.8. The lowest BCUT2D eigenvalue weighted by Crippen LogP contribution is -2.38. The van der Waals surface area contributed by atoms with Gasteiger partial charge in [0.1, 0.15) is 11.9 Å². The van der Waals surface area contributed by atoms with Crippen molar-refractivity contribution in [3.63, 3.8) is 0 Å². The van der Waals surface area contributed by atoms with Crippen molar-refractivity contribution in [3.8, 4) is 5.75 Å². The van der Waals surface area contributed by atoms with Crippen LogP contribution in [-0.4, -0.2) is 78.3 Å². The summed E-state index contributed by atoms with van der Waals surface area (Å²) in [6, 6.07) is 5.50. The van der Waals surface area contributed by atoms with Gasteiger partial charge in [0.25, 0.3) is 11.8 Å². The Hall–Kier alpha value is -4.85. The number of rotatable bonds is 5. The number of Topliss-reactive ketones (excluding diaryl/α,β-unsaturated/α-hetero) is 1. The first-order valence-electron chi connectivity index (χ1n) is 15.3. The van der Waals surface area contributed by atoms with E-state index in [2.05, 4.69) is 10.6 Å². The minimum atomic E-state index is -1.05. The molecule has 0 saturated heterocycles. The van der Waals surface area contributed by atoms with Crippen LogP contribution in [0.25, 0.3) is 0 Å². The topological polar surface area (TPSA) is 204 Å². The van der Waals surface area contributed by atoms with Gasteiger partial charge in [-0.05, 0) is 56.4 Å². The highest BCUT2D eigenvalue weighted by atomic mass is 16.6. The monoisotopic (exact) mass is 665 g/mol. The molecule has 2 bridgehead atoms. The number of ether oxygens (including phenoxy) is 3. The Morgan fingerprint density at radius 1 is 1.08 bits per heavy atom. The maximum atomic E-state index is 13.8. The average molecular weight is 666 g/mol. The third-order valence-electron chi connectivity index (χ3n) is 8.14. The van der Waals surface area contributed by atoms with E-state index in [1.165, 1.54) is 57.6 Å². The average Bonchev–Trinajstić information content (AvgIpc) is 3.03. The predicted octanol–water partition coefficient (Wildman–Crippen LogP) is 2.90. The van der Waals surface area contributed by atoms with Crippen LogP contribution >= 0.6 is 0 Å². The molecule has 3 amide bonds. The number of amides is 3. The number of benzene rings is 1. The molecule has 1 aromatic rings. The second-order valence-electron chi connectivity index (χ2n) is 11.9. The van der Waals surface area contributed by atoms with Crippen molar-refractivity contribution in [1.29, 1.82) is 0 Å². The summed E-state index contributed by atoms with van der Waals surface area (Å²) in [6.07, 6.45) is 2.76. The van der Waals surface area contributed by atoms with Crippen LogP contribution < -0.4 is 16.4 Å². The van der Waals surface area contributed by atoms with E-state index >= 15 is 0 Å². The Bertz CT molecular complexity index is 1590. The molecule has 0 aromatic heterocycles. The van der Waals surface area contributed by atoms with Gasteiger partial charge in [0.2, 0.25) is 11.6 Å². The number of hydrogen-bond acceptors (Lipinski definition) is 10. The minimum Gasteiger partial charge on any atom is -0.508 e. The predicted molar refractivity (Wildman–Crippen MR) is 175 cm³/mol. The van der Waals surface area contributed by atoms with E-state index in [1.807, 2.05) is 0 Å². The standard InChI is InChI=1S/C35H43N3O10/c1-18-13-24-29(38-34(44)22-10-8-11-23(39)16-22)26(40)17-25(31(24)42)37-33(43)19(2)9-7-12-27(46-5)32(48-35(36)45)21(4)15-20(3)30(41)28(14-18)47-6/h7-12,15-18,20,27-28,30,32,39,41H,13-14H2,1-6H3,(H2,36,45)(H,37,43)(H,38,44)/b12-7-,19-9+,21-15+/t18-,20+,27+,28+,30-,32+/m1/s1. The van der Waals surface area contributed by atoms with Crippen LogP contribution in [0.5, 0.6) is 5.75 Å². The number of carbonyl (C=O) groups is 5. The quantitative estimate of drug-likeness (QED) is 0.230. The Kier molecular flexibility index (Phi) is 13.2. The first kappa shape index (κ1) is 37.6. The molecule has 48 heavy (non-hydrogen) atoms. The Morgan fingerprint density at radius 2 is 1.79 bits per heavy atom. The van der Waals surface area contributed by atoms with Crippen molar-refractivity contribution in [1.82, 2.24) is 10.6 Å². The van der Waals surface area contributed by atoms with Crippen molar-refractivity contribution in [3.05, 3.63) is 88.3 Å². The number of fused-ring (bicyclic) bond motifs is 2. The highest BCUT2D eigenvalue weighted by molar-refractivity contribution is 6.24. The fourth-order valence-corrected chi connectivity index (χ4v) is 5.55. The highest BCUT2D eigenvalue weighted by Crippen LogP contribution is 2.29. The molecule has 258 valence electrons. The number of phenols is 1.